The molecule has 2 unspecified atom stereocenters. The Kier molecular flexibility index (Phi) is 46.6. The summed E-state index contributed by atoms with van der Waals surface area (Å²) in [4.78, 5) is 25.2. The topological polar surface area (TPSA) is 94.1 Å². The number of carbonyl (C=O) groups excluding carboxylic acids is 1. The van der Waals surface area contributed by atoms with Gasteiger partial charge in [-0.05, 0) is 12.8 Å². The largest absolute Gasteiger partial charge is 0.756 e. The summed E-state index contributed by atoms with van der Waals surface area (Å²) in [5.74, 6) is -0.324. The van der Waals surface area contributed by atoms with Crippen molar-refractivity contribution in [2.75, 3.05) is 54.1 Å². The maximum absolute atomic E-state index is 12.8. The Labute approximate surface area is 387 Å². The molecule has 0 aromatic heterocycles. The Bertz CT molecular complexity index is 961. The van der Waals surface area contributed by atoms with E-state index in [1.807, 2.05) is 21.1 Å². The van der Waals surface area contributed by atoms with Crippen LogP contribution in [0.3, 0.4) is 0 Å². The molecule has 0 amide bonds. The van der Waals surface area contributed by atoms with Crippen LogP contribution >= 0.6 is 7.82 Å². The molecule has 0 aliphatic rings. The maximum Gasteiger partial charge on any atom is 0.306 e. The highest BCUT2D eigenvalue weighted by molar-refractivity contribution is 7.45. The standard InChI is InChI=1S/C53H108NO7P/c1-6-8-10-12-14-16-18-20-22-24-26-28-30-32-34-36-38-40-42-44-46-53(55)61-52(51-60-62(56,57)59-49-47-54(3,4)5)50-58-48-45-43-41-39-37-35-33-31-29-27-25-23-21-19-17-15-13-11-9-7-2/h52H,6-51H2,1-5H3. The molecule has 0 aromatic rings. The van der Waals surface area contributed by atoms with Gasteiger partial charge in [0.1, 0.15) is 19.3 Å². The SMILES string of the molecule is CCCCCCCCCCCCCCCCCCCCCCOCC(COP(=O)([O-])OCC[N+](C)(C)C)OC(=O)CCCCCCCCCCCCCCCCCCCCCC. The van der Waals surface area contributed by atoms with Crippen LogP contribution < -0.4 is 4.89 Å². The zero-order valence-electron chi connectivity index (χ0n) is 42.4. The molecule has 8 nitrogen and oxygen atoms in total. The number of carbonyl (C=O) groups is 1. The summed E-state index contributed by atoms with van der Waals surface area (Å²) < 4.78 is 34.8. The highest BCUT2D eigenvalue weighted by Crippen LogP contribution is 2.38. The number of esters is 1. The van der Waals surface area contributed by atoms with E-state index in [1.165, 1.54) is 225 Å². The second kappa shape index (κ2) is 47.0. The quantitative estimate of drug-likeness (QED) is 0.0260. The average Bonchev–Trinajstić information content (AvgIpc) is 3.23. The molecule has 0 fully saturated rings. The van der Waals surface area contributed by atoms with E-state index >= 15 is 0 Å². The van der Waals surface area contributed by atoms with E-state index in [2.05, 4.69) is 13.8 Å². The number of likely N-dealkylation sites (N-methyl/N-ethyl adjacent to an activating group) is 1. The third kappa shape index (κ3) is 50.5. The first-order valence-electron chi connectivity index (χ1n) is 27.3. The van der Waals surface area contributed by atoms with E-state index < -0.39 is 13.9 Å². The monoisotopic (exact) mass is 902 g/mol. The predicted octanol–water partition coefficient (Wildman–Crippen LogP) is 16.2. The van der Waals surface area contributed by atoms with Gasteiger partial charge in [-0.2, -0.15) is 0 Å². The number of phosphoric ester groups is 1. The molecule has 62 heavy (non-hydrogen) atoms. The second-order valence-corrected chi connectivity index (χ2v) is 21.4. The van der Waals surface area contributed by atoms with Crippen LogP contribution in [0.4, 0.5) is 0 Å². The molecule has 0 saturated carbocycles. The summed E-state index contributed by atoms with van der Waals surface area (Å²) >= 11 is 0. The van der Waals surface area contributed by atoms with Crippen molar-refractivity contribution in [1.82, 2.24) is 0 Å². The molecule has 0 heterocycles. The van der Waals surface area contributed by atoms with E-state index in [4.69, 9.17) is 18.5 Å². The number of phosphoric acid groups is 1. The van der Waals surface area contributed by atoms with Gasteiger partial charge in [0.05, 0.1) is 34.4 Å². The van der Waals surface area contributed by atoms with Gasteiger partial charge in [0.2, 0.25) is 0 Å². The lowest BCUT2D eigenvalue weighted by molar-refractivity contribution is -0.870. The normalized spacial score (nSPS) is 13.5. The van der Waals surface area contributed by atoms with Crippen LogP contribution in [0.5, 0.6) is 0 Å². The number of hydrogen-bond donors (Lipinski definition) is 0. The van der Waals surface area contributed by atoms with Crippen molar-refractivity contribution in [2.45, 2.75) is 283 Å². The minimum absolute atomic E-state index is 0.0319. The van der Waals surface area contributed by atoms with Gasteiger partial charge in [-0.25, -0.2) is 0 Å². The molecule has 0 N–H and O–H groups in total. The van der Waals surface area contributed by atoms with Crippen molar-refractivity contribution in [2.24, 2.45) is 0 Å². The van der Waals surface area contributed by atoms with Gasteiger partial charge in [0.15, 0.2) is 0 Å². The van der Waals surface area contributed by atoms with Gasteiger partial charge in [-0.1, -0.05) is 258 Å². The van der Waals surface area contributed by atoms with Crippen molar-refractivity contribution in [1.29, 1.82) is 0 Å². The summed E-state index contributed by atoms with van der Waals surface area (Å²) in [5.41, 5.74) is 0. The lowest BCUT2D eigenvalue weighted by Crippen LogP contribution is -2.37. The molecule has 0 radical (unpaired) electrons. The summed E-state index contributed by atoms with van der Waals surface area (Å²) in [7, 11) is 1.38. The average molecular weight is 902 g/mol. The van der Waals surface area contributed by atoms with Gasteiger partial charge in [0, 0.05) is 13.0 Å². The molecule has 0 aliphatic carbocycles. The lowest BCUT2D eigenvalue weighted by atomic mass is 10.0. The third-order valence-electron chi connectivity index (χ3n) is 12.4. The minimum atomic E-state index is -4.52. The molecule has 0 spiro atoms. The fourth-order valence-corrected chi connectivity index (χ4v) is 8.93. The number of hydrogen-bond acceptors (Lipinski definition) is 7. The first kappa shape index (κ1) is 61.5. The van der Waals surface area contributed by atoms with Crippen molar-refractivity contribution in [3.8, 4) is 0 Å². The Balaban J connectivity index is 4.05. The second-order valence-electron chi connectivity index (χ2n) is 20.0. The van der Waals surface area contributed by atoms with Crippen LogP contribution in [-0.2, 0) is 27.9 Å². The molecule has 0 aromatic carbocycles. The molecule has 9 heteroatoms. The molecule has 0 bridgehead atoms. The summed E-state index contributed by atoms with van der Waals surface area (Å²) in [6, 6.07) is 0. The van der Waals surface area contributed by atoms with Crippen LogP contribution in [0.25, 0.3) is 0 Å². The number of nitrogens with zero attached hydrogens (tertiary/aromatic N) is 1. The predicted molar refractivity (Wildman–Crippen MR) is 264 cm³/mol. The summed E-state index contributed by atoms with van der Waals surface area (Å²) in [6.45, 7) is 5.50. The van der Waals surface area contributed by atoms with E-state index in [-0.39, 0.29) is 25.8 Å². The molecule has 0 saturated heterocycles. The molecular formula is C53H108NO7P. The molecule has 0 aliphatic heterocycles. The number of unbranched alkanes of at least 4 members (excludes halogenated alkanes) is 38. The van der Waals surface area contributed by atoms with Crippen molar-refractivity contribution in [3.05, 3.63) is 0 Å². The Morgan fingerprint density at radius 3 is 1.06 bits per heavy atom. The van der Waals surface area contributed by atoms with Crippen molar-refractivity contribution in [3.63, 3.8) is 0 Å². The van der Waals surface area contributed by atoms with E-state index in [1.54, 1.807) is 0 Å². The molecule has 0 rings (SSSR count). The van der Waals surface area contributed by atoms with Crippen molar-refractivity contribution >= 4 is 13.8 Å². The van der Waals surface area contributed by atoms with Crippen LogP contribution in [0.1, 0.15) is 277 Å². The Morgan fingerprint density at radius 2 is 0.742 bits per heavy atom. The lowest BCUT2D eigenvalue weighted by Gasteiger charge is -2.28. The Hall–Kier alpha value is -0.500. The van der Waals surface area contributed by atoms with Crippen LogP contribution in [0.15, 0.2) is 0 Å². The number of rotatable bonds is 52. The fraction of sp³-hybridized carbons (Fsp3) is 0.981. The smallest absolute Gasteiger partial charge is 0.306 e. The molecular weight excluding hydrogens is 794 g/mol. The zero-order chi connectivity index (χ0) is 45.5. The molecule has 2 atom stereocenters. The van der Waals surface area contributed by atoms with E-state index in [9.17, 15) is 14.3 Å². The van der Waals surface area contributed by atoms with Gasteiger partial charge in [-0.3, -0.25) is 9.36 Å². The highest BCUT2D eigenvalue weighted by Gasteiger charge is 2.20. The van der Waals surface area contributed by atoms with Crippen LogP contribution in [0, 0.1) is 0 Å². The van der Waals surface area contributed by atoms with E-state index in [0.717, 1.165) is 32.1 Å². The van der Waals surface area contributed by atoms with Gasteiger partial charge in [-0.15, -0.1) is 0 Å². The first-order chi connectivity index (χ1) is 30.1. The number of quaternary nitrogens is 1. The van der Waals surface area contributed by atoms with Gasteiger partial charge < -0.3 is 27.9 Å². The van der Waals surface area contributed by atoms with Gasteiger partial charge >= 0.3 is 5.97 Å². The fourth-order valence-electron chi connectivity index (χ4n) is 8.20. The van der Waals surface area contributed by atoms with Crippen molar-refractivity contribution < 1.29 is 37.3 Å². The van der Waals surface area contributed by atoms with Crippen LogP contribution in [-0.4, -0.2) is 70.7 Å². The molecule has 372 valence electrons. The van der Waals surface area contributed by atoms with Gasteiger partial charge in [0.25, 0.3) is 7.82 Å². The number of ether oxygens (including phenoxy) is 2. The zero-order valence-corrected chi connectivity index (χ0v) is 43.3. The summed E-state index contributed by atoms with van der Waals surface area (Å²) in [5, 5.41) is 0. The third-order valence-corrected chi connectivity index (χ3v) is 13.4. The first-order valence-corrected chi connectivity index (χ1v) is 28.7. The minimum Gasteiger partial charge on any atom is -0.756 e. The highest BCUT2D eigenvalue weighted by atomic mass is 31.2. The van der Waals surface area contributed by atoms with E-state index in [0.29, 0.717) is 24.1 Å². The van der Waals surface area contributed by atoms with Crippen LogP contribution in [0.2, 0.25) is 0 Å². The maximum atomic E-state index is 12.8. The summed E-state index contributed by atoms with van der Waals surface area (Å²) in [6.07, 6.45) is 52.7. The Morgan fingerprint density at radius 1 is 0.435 bits per heavy atom.